The Bertz CT molecular complexity index is 549. The molecule has 1 heterocycles. The lowest BCUT2D eigenvalue weighted by atomic mass is 10.2. The van der Waals surface area contributed by atoms with Gasteiger partial charge >= 0.3 is 11.8 Å². The van der Waals surface area contributed by atoms with Crippen molar-refractivity contribution >= 4 is 18.0 Å². The van der Waals surface area contributed by atoms with Crippen molar-refractivity contribution in [3.63, 3.8) is 0 Å². The van der Waals surface area contributed by atoms with Crippen LogP contribution in [0.2, 0.25) is 0 Å². The van der Waals surface area contributed by atoms with Gasteiger partial charge in [-0.15, -0.1) is 0 Å². The molecule has 0 spiro atoms. The summed E-state index contributed by atoms with van der Waals surface area (Å²) in [5.74, 6) is -0.563. The fourth-order valence-corrected chi connectivity index (χ4v) is 2.40. The van der Waals surface area contributed by atoms with Gasteiger partial charge in [0.15, 0.2) is 0 Å². The molecule has 22 heavy (non-hydrogen) atoms. The van der Waals surface area contributed by atoms with Gasteiger partial charge in [-0.1, -0.05) is 25.0 Å². The summed E-state index contributed by atoms with van der Waals surface area (Å²) >= 11 is 0. The highest BCUT2D eigenvalue weighted by atomic mass is 16.5. The summed E-state index contributed by atoms with van der Waals surface area (Å²) in [4.78, 5) is 25.5. The van der Waals surface area contributed by atoms with Crippen molar-refractivity contribution in [2.45, 2.75) is 25.7 Å². The number of ether oxygens (including phenoxy) is 1. The number of carbonyl (C=O) groups is 2. The van der Waals surface area contributed by atoms with E-state index in [1.54, 1.807) is 18.1 Å². The third-order valence-electron chi connectivity index (χ3n) is 3.60. The van der Waals surface area contributed by atoms with Crippen LogP contribution < -0.4 is 10.2 Å². The van der Waals surface area contributed by atoms with Gasteiger partial charge in [0.05, 0.1) is 13.3 Å². The van der Waals surface area contributed by atoms with Gasteiger partial charge in [0.25, 0.3) is 0 Å². The van der Waals surface area contributed by atoms with Gasteiger partial charge in [0.2, 0.25) is 0 Å². The van der Waals surface area contributed by atoms with E-state index >= 15 is 0 Å². The number of carbonyl (C=O) groups excluding carboxylic acids is 2. The van der Waals surface area contributed by atoms with Crippen molar-refractivity contribution in [2.75, 3.05) is 20.2 Å². The molecule has 0 bridgehead atoms. The van der Waals surface area contributed by atoms with E-state index in [0.29, 0.717) is 18.8 Å². The van der Waals surface area contributed by atoms with Crippen molar-refractivity contribution in [3.05, 3.63) is 29.8 Å². The minimum Gasteiger partial charge on any atom is -0.496 e. The van der Waals surface area contributed by atoms with Crippen LogP contribution in [0.15, 0.2) is 29.4 Å². The molecule has 1 aliphatic heterocycles. The van der Waals surface area contributed by atoms with E-state index in [2.05, 4.69) is 10.5 Å². The van der Waals surface area contributed by atoms with E-state index in [-0.39, 0.29) is 0 Å². The molecule has 0 saturated carbocycles. The number of hydrogen-bond donors (Lipinski definition) is 1. The van der Waals surface area contributed by atoms with Gasteiger partial charge in [-0.3, -0.25) is 9.59 Å². The number of amides is 2. The standard InChI is InChI=1S/C16H21N3O3/c1-22-14-9-5-4-8-13(14)12-17-18-15(20)16(21)19-10-6-2-3-7-11-19/h4-5,8-9,12H,2-3,6-7,10-11H2,1H3,(H,18,20)/b17-12-. The summed E-state index contributed by atoms with van der Waals surface area (Å²) in [6, 6.07) is 7.29. The number of nitrogens with zero attached hydrogens (tertiary/aromatic N) is 2. The zero-order valence-corrected chi connectivity index (χ0v) is 12.7. The lowest BCUT2D eigenvalue weighted by Crippen LogP contribution is -2.41. The van der Waals surface area contributed by atoms with Crippen LogP contribution in [0.4, 0.5) is 0 Å². The van der Waals surface area contributed by atoms with Gasteiger partial charge in [-0.25, -0.2) is 5.43 Å². The molecule has 1 aromatic carbocycles. The number of hydrogen-bond acceptors (Lipinski definition) is 4. The highest BCUT2D eigenvalue weighted by Gasteiger charge is 2.22. The van der Waals surface area contributed by atoms with Gasteiger partial charge in [-0.2, -0.15) is 5.10 Å². The van der Waals surface area contributed by atoms with Crippen molar-refractivity contribution in [2.24, 2.45) is 5.10 Å². The molecule has 1 N–H and O–H groups in total. The van der Waals surface area contributed by atoms with Crippen LogP contribution in [0.25, 0.3) is 0 Å². The van der Waals surface area contributed by atoms with Gasteiger partial charge in [-0.05, 0) is 25.0 Å². The number of methoxy groups -OCH3 is 1. The van der Waals surface area contributed by atoms with Gasteiger partial charge in [0, 0.05) is 18.7 Å². The summed E-state index contributed by atoms with van der Waals surface area (Å²) in [5, 5.41) is 3.84. The average Bonchev–Trinajstić information content (AvgIpc) is 2.83. The van der Waals surface area contributed by atoms with E-state index in [1.807, 2.05) is 18.2 Å². The third-order valence-corrected chi connectivity index (χ3v) is 3.60. The molecule has 0 unspecified atom stereocenters. The van der Waals surface area contributed by atoms with Crippen LogP contribution >= 0.6 is 0 Å². The number of likely N-dealkylation sites (tertiary alicyclic amines) is 1. The Kier molecular flexibility index (Phi) is 5.94. The molecule has 1 aromatic rings. The fraction of sp³-hybridized carbons (Fsp3) is 0.438. The Labute approximate surface area is 130 Å². The van der Waals surface area contributed by atoms with E-state index in [4.69, 9.17) is 4.74 Å². The molecule has 0 aliphatic carbocycles. The SMILES string of the molecule is COc1ccccc1/C=N\NC(=O)C(=O)N1CCCCCC1. The molecular weight excluding hydrogens is 282 g/mol. The maximum Gasteiger partial charge on any atom is 0.329 e. The van der Waals surface area contributed by atoms with Gasteiger partial charge < -0.3 is 9.64 Å². The van der Waals surface area contributed by atoms with E-state index in [1.165, 1.54) is 6.21 Å². The number of nitrogens with one attached hydrogen (secondary N) is 1. The molecule has 6 nitrogen and oxygen atoms in total. The number of rotatable bonds is 3. The third kappa shape index (κ3) is 4.31. The van der Waals surface area contributed by atoms with Crippen molar-refractivity contribution in [3.8, 4) is 5.75 Å². The minimum atomic E-state index is -0.701. The first-order chi connectivity index (χ1) is 10.7. The molecule has 0 radical (unpaired) electrons. The monoisotopic (exact) mass is 303 g/mol. The summed E-state index contributed by atoms with van der Waals surface area (Å²) < 4.78 is 5.18. The molecular formula is C16H21N3O3. The van der Waals surface area contributed by atoms with Crippen LogP contribution in [0, 0.1) is 0 Å². The Hall–Kier alpha value is -2.37. The van der Waals surface area contributed by atoms with Gasteiger partial charge in [0.1, 0.15) is 5.75 Å². The second-order valence-electron chi connectivity index (χ2n) is 5.15. The van der Waals surface area contributed by atoms with Crippen LogP contribution in [0.5, 0.6) is 5.75 Å². The quantitative estimate of drug-likeness (QED) is 0.523. The molecule has 2 rings (SSSR count). The first-order valence-electron chi connectivity index (χ1n) is 7.47. The molecule has 2 amide bonds. The number of para-hydroxylation sites is 1. The lowest BCUT2D eigenvalue weighted by Gasteiger charge is -2.18. The minimum absolute atomic E-state index is 0.515. The molecule has 0 atom stereocenters. The molecule has 118 valence electrons. The Morgan fingerprint density at radius 3 is 2.55 bits per heavy atom. The number of benzene rings is 1. The fourth-order valence-electron chi connectivity index (χ4n) is 2.40. The number of hydrazone groups is 1. The Morgan fingerprint density at radius 1 is 1.18 bits per heavy atom. The van der Waals surface area contributed by atoms with Crippen LogP contribution in [-0.4, -0.2) is 43.1 Å². The zero-order valence-electron chi connectivity index (χ0n) is 12.7. The maximum absolute atomic E-state index is 12.0. The van der Waals surface area contributed by atoms with Crippen molar-refractivity contribution < 1.29 is 14.3 Å². The lowest BCUT2D eigenvalue weighted by molar-refractivity contribution is -0.145. The van der Waals surface area contributed by atoms with E-state index < -0.39 is 11.8 Å². The summed E-state index contributed by atoms with van der Waals surface area (Å²) in [5.41, 5.74) is 3.01. The second-order valence-corrected chi connectivity index (χ2v) is 5.15. The molecule has 1 saturated heterocycles. The maximum atomic E-state index is 12.0. The topological polar surface area (TPSA) is 71.0 Å². The van der Waals surface area contributed by atoms with Crippen molar-refractivity contribution in [1.29, 1.82) is 0 Å². The first kappa shape index (κ1) is 16.0. The van der Waals surface area contributed by atoms with Crippen LogP contribution in [-0.2, 0) is 9.59 Å². The molecule has 0 aromatic heterocycles. The Balaban J connectivity index is 1.91. The largest absolute Gasteiger partial charge is 0.496 e. The van der Waals surface area contributed by atoms with E-state index in [0.717, 1.165) is 31.2 Å². The van der Waals surface area contributed by atoms with E-state index in [9.17, 15) is 9.59 Å². The Morgan fingerprint density at radius 2 is 1.86 bits per heavy atom. The normalized spacial score (nSPS) is 15.4. The first-order valence-corrected chi connectivity index (χ1v) is 7.47. The highest BCUT2D eigenvalue weighted by molar-refractivity contribution is 6.35. The van der Waals surface area contributed by atoms with Crippen molar-refractivity contribution in [1.82, 2.24) is 10.3 Å². The average molecular weight is 303 g/mol. The molecule has 1 fully saturated rings. The molecule has 6 heteroatoms. The predicted molar refractivity (Wildman–Crippen MR) is 83.8 cm³/mol. The highest BCUT2D eigenvalue weighted by Crippen LogP contribution is 2.14. The second kappa shape index (κ2) is 8.17. The smallest absolute Gasteiger partial charge is 0.329 e. The summed E-state index contributed by atoms with van der Waals surface area (Å²) in [7, 11) is 1.56. The summed E-state index contributed by atoms with van der Waals surface area (Å²) in [6.07, 6.45) is 5.58. The van der Waals surface area contributed by atoms with Crippen LogP contribution in [0.3, 0.4) is 0 Å². The van der Waals surface area contributed by atoms with Crippen LogP contribution in [0.1, 0.15) is 31.2 Å². The zero-order chi connectivity index (χ0) is 15.8. The summed E-state index contributed by atoms with van der Waals surface area (Å²) in [6.45, 7) is 1.28. The molecule has 1 aliphatic rings. The predicted octanol–water partition coefficient (Wildman–Crippen LogP) is 1.55.